The van der Waals surface area contributed by atoms with E-state index in [2.05, 4.69) is 5.32 Å². The number of nitrogens with one attached hydrogen (secondary N) is 1. The van der Waals surface area contributed by atoms with E-state index in [4.69, 9.17) is 27.9 Å². The molecule has 1 atom stereocenters. The van der Waals surface area contributed by atoms with Gasteiger partial charge >= 0.3 is 0 Å². The molecule has 31 heavy (non-hydrogen) atoms. The molecule has 1 N–H and O–H groups in total. The molecule has 0 bridgehead atoms. The average Bonchev–Trinajstić information content (AvgIpc) is 2.70. The summed E-state index contributed by atoms with van der Waals surface area (Å²) in [6.07, 6.45) is 0.483. The van der Waals surface area contributed by atoms with Crippen molar-refractivity contribution >= 4 is 35.0 Å². The van der Waals surface area contributed by atoms with Crippen LogP contribution in [0.3, 0.4) is 0 Å². The number of halogens is 2. The summed E-state index contributed by atoms with van der Waals surface area (Å²) in [4.78, 5) is 27.5. The smallest absolute Gasteiger partial charge is 0.261 e. The number of ether oxygens (including phenoxy) is 1. The molecule has 7 heteroatoms. The Morgan fingerprint density at radius 1 is 1.06 bits per heavy atom. The maximum absolute atomic E-state index is 13.2. The van der Waals surface area contributed by atoms with Crippen LogP contribution < -0.4 is 10.1 Å². The van der Waals surface area contributed by atoms with Crippen LogP contribution >= 0.6 is 23.2 Å². The lowest BCUT2D eigenvalue weighted by Crippen LogP contribution is -2.51. The third-order valence-corrected chi connectivity index (χ3v) is 5.70. The van der Waals surface area contributed by atoms with Crippen LogP contribution in [0.5, 0.6) is 5.75 Å². The van der Waals surface area contributed by atoms with Crippen LogP contribution in [0.1, 0.15) is 43.9 Å². The first-order valence-electron chi connectivity index (χ1n) is 10.4. The van der Waals surface area contributed by atoms with Crippen LogP contribution in [0.4, 0.5) is 0 Å². The Morgan fingerprint density at radius 3 is 2.16 bits per heavy atom. The normalized spacial score (nSPS) is 11.9. The summed E-state index contributed by atoms with van der Waals surface area (Å²) in [5, 5.41) is 4.20. The molecule has 2 aromatic rings. The number of hydrogen-bond donors (Lipinski definition) is 1. The number of benzene rings is 2. The second-order valence-electron chi connectivity index (χ2n) is 7.90. The number of amides is 2. The first-order chi connectivity index (χ1) is 14.6. The fraction of sp³-hybridized carbons (Fsp3) is 0.417. The van der Waals surface area contributed by atoms with Gasteiger partial charge in [0.2, 0.25) is 5.91 Å². The zero-order chi connectivity index (χ0) is 23.1. The van der Waals surface area contributed by atoms with Crippen LogP contribution in [0.25, 0.3) is 0 Å². The molecule has 0 radical (unpaired) electrons. The number of nitrogens with zero attached hydrogens (tertiary/aromatic N) is 1. The van der Waals surface area contributed by atoms with Gasteiger partial charge in [0.05, 0.1) is 0 Å². The van der Waals surface area contributed by atoms with Crippen LogP contribution in [0.15, 0.2) is 36.4 Å². The van der Waals surface area contributed by atoms with Crippen LogP contribution in [-0.4, -0.2) is 35.4 Å². The fourth-order valence-corrected chi connectivity index (χ4v) is 3.54. The van der Waals surface area contributed by atoms with Crippen molar-refractivity contribution in [3.8, 4) is 5.75 Å². The molecular formula is C24H30Cl2N2O3. The van der Waals surface area contributed by atoms with Crippen LogP contribution in [-0.2, 0) is 16.1 Å². The first kappa shape index (κ1) is 25.0. The molecule has 2 amide bonds. The molecule has 2 rings (SSSR count). The molecule has 0 aliphatic rings. The van der Waals surface area contributed by atoms with E-state index in [9.17, 15) is 9.59 Å². The van der Waals surface area contributed by atoms with Crippen molar-refractivity contribution in [2.75, 3.05) is 6.61 Å². The number of carbonyl (C=O) groups excluding carboxylic acids is 2. The summed E-state index contributed by atoms with van der Waals surface area (Å²) in [6, 6.07) is 10.2. The Hall–Kier alpha value is -2.24. The Morgan fingerprint density at radius 2 is 1.65 bits per heavy atom. The molecule has 0 saturated carbocycles. The summed E-state index contributed by atoms with van der Waals surface area (Å²) in [5.74, 6) is 0.114. The van der Waals surface area contributed by atoms with E-state index in [0.29, 0.717) is 22.2 Å². The van der Waals surface area contributed by atoms with E-state index in [-0.39, 0.29) is 31.0 Å². The number of rotatable bonds is 9. The molecule has 0 aromatic heterocycles. The highest BCUT2D eigenvalue weighted by molar-refractivity contribution is 6.32. The lowest BCUT2D eigenvalue weighted by atomic mass is 10.1. The Bertz CT molecular complexity index is 891. The second-order valence-corrected chi connectivity index (χ2v) is 8.71. The molecule has 5 nitrogen and oxygen atoms in total. The van der Waals surface area contributed by atoms with Gasteiger partial charge in [0.1, 0.15) is 11.8 Å². The topological polar surface area (TPSA) is 58.6 Å². The highest BCUT2D eigenvalue weighted by Crippen LogP contribution is 2.26. The molecule has 0 fully saturated rings. The number of carbonyl (C=O) groups is 2. The Balaban J connectivity index is 2.23. The summed E-state index contributed by atoms with van der Waals surface area (Å²) in [5.41, 5.74) is 2.64. The number of aryl methyl sites for hydroxylation is 2. The fourth-order valence-electron chi connectivity index (χ4n) is 3.30. The van der Waals surface area contributed by atoms with E-state index in [1.54, 1.807) is 29.2 Å². The van der Waals surface area contributed by atoms with Crippen LogP contribution in [0, 0.1) is 13.8 Å². The molecule has 0 spiro atoms. The lowest BCUT2D eigenvalue weighted by Gasteiger charge is -2.31. The summed E-state index contributed by atoms with van der Waals surface area (Å²) >= 11 is 12.2. The van der Waals surface area contributed by atoms with Crippen molar-refractivity contribution in [2.24, 2.45) is 0 Å². The largest absolute Gasteiger partial charge is 0.484 e. The van der Waals surface area contributed by atoms with Crippen molar-refractivity contribution < 1.29 is 14.3 Å². The SMILES string of the molecule is CC[C@H](C(=O)NC(C)C)N(Cc1ccc(Cl)cc1)C(=O)COc1cc(C)c(Cl)c(C)c1. The van der Waals surface area contributed by atoms with E-state index in [1.165, 1.54) is 0 Å². The molecule has 0 heterocycles. The van der Waals surface area contributed by atoms with Gasteiger partial charge in [0, 0.05) is 22.6 Å². The van der Waals surface area contributed by atoms with E-state index >= 15 is 0 Å². The molecule has 0 unspecified atom stereocenters. The molecule has 168 valence electrons. The molecular weight excluding hydrogens is 435 g/mol. The summed E-state index contributed by atoms with van der Waals surface area (Å²) < 4.78 is 5.78. The minimum absolute atomic E-state index is 0.0229. The van der Waals surface area contributed by atoms with Crippen molar-refractivity contribution in [2.45, 2.75) is 59.7 Å². The predicted molar refractivity (Wildman–Crippen MR) is 126 cm³/mol. The lowest BCUT2D eigenvalue weighted by molar-refractivity contribution is -0.143. The molecule has 0 aliphatic heterocycles. The Kier molecular flexibility index (Phi) is 9.20. The highest BCUT2D eigenvalue weighted by atomic mass is 35.5. The van der Waals surface area contributed by atoms with Crippen molar-refractivity contribution in [1.82, 2.24) is 10.2 Å². The van der Waals surface area contributed by atoms with Gasteiger partial charge < -0.3 is 15.0 Å². The van der Waals surface area contributed by atoms with Gasteiger partial charge in [0.15, 0.2) is 6.61 Å². The molecule has 2 aromatic carbocycles. The zero-order valence-corrected chi connectivity index (χ0v) is 20.2. The maximum Gasteiger partial charge on any atom is 0.261 e. The van der Waals surface area contributed by atoms with Gasteiger partial charge in [-0.15, -0.1) is 0 Å². The molecule has 0 saturated heterocycles. The van der Waals surface area contributed by atoms with Gasteiger partial charge in [0.25, 0.3) is 5.91 Å². The Labute approximate surface area is 194 Å². The van der Waals surface area contributed by atoms with Gasteiger partial charge in [-0.2, -0.15) is 0 Å². The van der Waals surface area contributed by atoms with E-state index in [0.717, 1.165) is 16.7 Å². The average molecular weight is 465 g/mol. The van der Waals surface area contributed by atoms with Crippen molar-refractivity contribution in [1.29, 1.82) is 0 Å². The highest BCUT2D eigenvalue weighted by Gasteiger charge is 2.29. The number of hydrogen-bond acceptors (Lipinski definition) is 3. The van der Waals surface area contributed by atoms with Gasteiger partial charge in [-0.25, -0.2) is 0 Å². The quantitative estimate of drug-likeness (QED) is 0.545. The first-order valence-corrected chi connectivity index (χ1v) is 11.1. The third kappa shape index (κ3) is 7.15. The zero-order valence-electron chi connectivity index (χ0n) is 18.7. The van der Waals surface area contributed by atoms with Gasteiger partial charge in [-0.3, -0.25) is 9.59 Å². The molecule has 0 aliphatic carbocycles. The minimum atomic E-state index is -0.608. The second kappa shape index (κ2) is 11.4. The third-order valence-electron chi connectivity index (χ3n) is 4.86. The monoisotopic (exact) mass is 464 g/mol. The van der Waals surface area contributed by atoms with Crippen molar-refractivity contribution in [3.63, 3.8) is 0 Å². The maximum atomic E-state index is 13.2. The standard InChI is InChI=1S/C24H30Cl2N2O3/c1-6-21(24(30)27-15(2)3)28(13-18-7-9-19(25)10-8-18)22(29)14-31-20-11-16(4)23(26)17(5)12-20/h7-12,15,21H,6,13-14H2,1-5H3,(H,27,30)/t21-/m1/s1. The minimum Gasteiger partial charge on any atom is -0.484 e. The van der Waals surface area contributed by atoms with Gasteiger partial charge in [-0.1, -0.05) is 42.3 Å². The predicted octanol–water partition coefficient (Wildman–Crippen LogP) is 5.32. The van der Waals surface area contributed by atoms with Gasteiger partial charge in [-0.05, 0) is 75.1 Å². The van der Waals surface area contributed by atoms with E-state index in [1.807, 2.05) is 46.8 Å². The summed E-state index contributed by atoms with van der Waals surface area (Å²) in [6.45, 7) is 9.55. The van der Waals surface area contributed by atoms with Crippen LogP contribution in [0.2, 0.25) is 10.0 Å². The summed E-state index contributed by atoms with van der Waals surface area (Å²) in [7, 11) is 0. The van der Waals surface area contributed by atoms with E-state index < -0.39 is 6.04 Å². The van der Waals surface area contributed by atoms with Crippen molar-refractivity contribution in [3.05, 3.63) is 63.1 Å².